The zero-order valence-corrected chi connectivity index (χ0v) is 14.5. The van der Waals surface area contributed by atoms with Gasteiger partial charge in [0.15, 0.2) is 5.65 Å². The van der Waals surface area contributed by atoms with Gasteiger partial charge >= 0.3 is 0 Å². The van der Waals surface area contributed by atoms with Crippen molar-refractivity contribution in [3.8, 4) is 17.0 Å². The standard InChI is InChI=1S/C18H19ClN4O/c1-11-5-14(19)7-16(24)17(11)15-6-13-3-4-23(18(13)21-20-15)10-12-8-22(2)9-12/h3-7,12,24H,8-10H2,1-2H3. The van der Waals surface area contributed by atoms with Gasteiger partial charge in [0.25, 0.3) is 0 Å². The lowest BCUT2D eigenvalue weighted by molar-refractivity contribution is 0.120. The molecule has 3 heterocycles. The van der Waals surface area contributed by atoms with Gasteiger partial charge < -0.3 is 14.6 Å². The minimum absolute atomic E-state index is 0.130. The van der Waals surface area contributed by atoms with Crippen molar-refractivity contribution >= 4 is 22.6 Å². The largest absolute Gasteiger partial charge is 0.507 e. The van der Waals surface area contributed by atoms with E-state index >= 15 is 0 Å². The molecule has 0 radical (unpaired) electrons. The number of aromatic hydroxyl groups is 1. The zero-order valence-electron chi connectivity index (χ0n) is 13.7. The highest BCUT2D eigenvalue weighted by atomic mass is 35.5. The highest BCUT2D eigenvalue weighted by Gasteiger charge is 2.24. The van der Waals surface area contributed by atoms with E-state index in [4.69, 9.17) is 11.6 Å². The second-order valence-electron chi connectivity index (χ2n) is 6.68. The molecule has 1 aliphatic heterocycles. The van der Waals surface area contributed by atoms with E-state index in [1.54, 1.807) is 0 Å². The molecule has 3 aromatic rings. The minimum Gasteiger partial charge on any atom is -0.507 e. The summed E-state index contributed by atoms with van der Waals surface area (Å²) in [6.45, 7) is 5.13. The molecule has 124 valence electrons. The monoisotopic (exact) mass is 342 g/mol. The normalized spacial score (nSPS) is 15.8. The maximum Gasteiger partial charge on any atom is 0.162 e. The van der Waals surface area contributed by atoms with Crippen LogP contribution in [0.2, 0.25) is 5.02 Å². The van der Waals surface area contributed by atoms with Crippen molar-refractivity contribution in [2.24, 2.45) is 5.92 Å². The summed E-state index contributed by atoms with van der Waals surface area (Å²) in [7, 11) is 2.14. The van der Waals surface area contributed by atoms with Gasteiger partial charge in [0.2, 0.25) is 0 Å². The smallest absolute Gasteiger partial charge is 0.162 e. The molecule has 0 amide bonds. The van der Waals surface area contributed by atoms with Crippen LogP contribution in [0.5, 0.6) is 5.75 Å². The average Bonchev–Trinajstić information content (AvgIpc) is 2.87. The average molecular weight is 343 g/mol. The fraction of sp³-hybridized carbons (Fsp3) is 0.333. The van der Waals surface area contributed by atoms with Gasteiger partial charge in [-0.1, -0.05) is 11.6 Å². The van der Waals surface area contributed by atoms with Crippen LogP contribution < -0.4 is 0 Å². The molecular formula is C18H19ClN4O. The molecule has 5 nitrogen and oxygen atoms in total. The Morgan fingerprint density at radius 3 is 2.75 bits per heavy atom. The van der Waals surface area contributed by atoms with Gasteiger partial charge in [-0.15, -0.1) is 10.2 Å². The van der Waals surface area contributed by atoms with E-state index in [1.807, 2.05) is 19.1 Å². The highest BCUT2D eigenvalue weighted by molar-refractivity contribution is 6.31. The number of aromatic nitrogens is 3. The molecule has 0 saturated carbocycles. The van der Waals surface area contributed by atoms with Crippen LogP contribution in [0, 0.1) is 12.8 Å². The van der Waals surface area contributed by atoms with Crippen molar-refractivity contribution in [3.63, 3.8) is 0 Å². The molecule has 0 unspecified atom stereocenters. The maximum atomic E-state index is 10.2. The molecule has 0 bridgehead atoms. The second-order valence-corrected chi connectivity index (χ2v) is 7.12. The molecule has 2 aromatic heterocycles. The van der Waals surface area contributed by atoms with E-state index in [9.17, 15) is 5.11 Å². The molecule has 0 aliphatic carbocycles. The summed E-state index contributed by atoms with van der Waals surface area (Å²) in [4.78, 5) is 2.31. The molecule has 24 heavy (non-hydrogen) atoms. The van der Waals surface area contributed by atoms with Crippen LogP contribution >= 0.6 is 11.6 Å². The minimum atomic E-state index is 0.130. The molecule has 1 saturated heterocycles. The summed E-state index contributed by atoms with van der Waals surface area (Å²) in [5.74, 6) is 0.806. The van der Waals surface area contributed by atoms with Crippen LogP contribution in [0.4, 0.5) is 0 Å². The lowest BCUT2D eigenvalue weighted by Gasteiger charge is -2.36. The van der Waals surface area contributed by atoms with E-state index in [0.717, 1.165) is 36.2 Å². The number of aryl methyl sites for hydroxylation is 1. The Kier molecular flexibility index (Phi) is 3.70. The number of halogens is 1. The van der Waals surface area contributed by atoms with Crippen molar-refractivity contribution in [1.82, 2.24) is 19.7 Å². The van der Waals surface area contributed by atoms with Crippen LogP contribution in [0.15, 0.2) is 30.5 Å². The molecule has 1 aliphatic rings. The van der Waals surface area contributed by atoms with E-state index in [0.29, 0.717) is 22.2 Å². The number of fused-ring (bicyclic) bond motifs is 1. The number of hydrogen-bond donors (Lipinski definition) is 1. The first kappa shape index (κ1) is 15.4. The third kappa shape index (κ3) is 2.64. The third-order valence-corrected chi connectivity index (χ3v) is 4.86. The van der Waals surface area contributed by atoms with Crippen molar-refractivity contribution in [2.45, 2.75) is 13.5 Å². The Morgan fingerprint density at radius 1 is 1.25 bits per heavy atom. The van der Waals surface area contributed by atoms with Gasteiger partial charge in [0.1, 0.15) is 5.75 Å². The molecule has 1 aromatic carbocycles. The van der Waals surface area contributed by atoms with Gasteiger partial charge in [-0.2, -0.15) is 0 Å². The van der Waals surface area contributed by atoms with Crippen LogP contribution in [-0.4, -0.2) is 44.9 Å². The summed E-state index contributed by atoms with van der Waals surface area (Å²) in [5, 5.41) is 20.5. The fourth-order valence-electron chi connectivity index (χ4n) is 3.54. The molecule has 4 rings (SSSR count). The summed E-state index contributed by atoms with van der Waals surface area (Å²) < 4.78 is 2.17. The van der Waals surface area contributed by atoms with Crippen molar-refractivity contribution in [2.75, 3.05) is 20.1 Å². The first-order valence-corrected chi connectivity index (χ1v) is 8.39. The lowest BCUT2D eigenvalue weighted by Crippen LogP contribution is -2.45. The maximum absolute atomic E-state index is 10.2. The summed E-state index contributed by atoms with van der Waals surface area (Å²) >= 11 is 5.98. The van der Waals surface area contributed by atoms with Crippen LogP contribution in [0.1, 0.15) is 5.56 Å². The Labute approximate surface area is 145 Å². The van der Waals surface area contributed by atoms with E-state index in [1.165, 1.54) is 6.07 Å². The number of hydrogen-bond acceptors (Lipinski definition) is 4. The Morgan fingerprint density at radius 2 is 2.04 bits per heavy atom. The van der Waals surface area contributed by atoms with Gasteiger partial charge in [-0.25, -0.2) is 0 Å². The molecule has 1 N–H and O–H groups in total. The van der Waals surface area contributed by atoms with E-state index in [2.05, 4.69) is 39.0 Å². The summed E-state index contributed by atoms with van der Waals surface area (Å²) in [6, 6.07) is 7.38. The first-order chi connectivity index (χ1) is 11.5. The van der Waals surface area contributed by atoms with Gasteiger partial charge in [0, 0.05) is 47.7 Å². The van der Waals surface area contributed by atoms with Crippen molar-refractivity contribution < 1.29 is 5.11 Å². The number of rotatable bonds is 3. The van der Waals surface area contributed by atoms with Gasteiger partial charge in [0.05, 0.1) is 5.69 Å². The molecule has 0 spiro atoms. The fourth-order valence-corrected chi connectivity index (χ4v) is 3.80. The SMILES string of the molecule is Cc1cc(Cl)cc(O)c1-c1cc2ccn(CC3CN(C)C3)c2nn1. The number of nitrogens with zero attached hydrogens (tertiary/aromatic N) is 4. The topological polar surface area (TPSA) is 54.2 Å². The highest BCUT2D eigenvalue weighted by Crippen LogP contribution is 2.34. The number of likely N-dealkylation sites (tertiary alicyclic amines) is 1. The summed E-state index contributed by atoms with van der Waals surface area (Å²) in [5.41, 5.74) is 3.11. The van der Waals surface area contributed by atoms with E-state index in [-0.39, 0.29) is 5.75 Å². The zero-order chi connectivity index (χ0) is 16.8. The lowest BCUT2D eigenvalue weighted by atomic mass is 10.0. The van der Waals surface area contributed by atoms with E-state index < -0.39 is 0 Å². The van der Waals surface area contributed by atoms with Gasteiger partial charge in [-0.3, -0.25) is 0 Å². The van der Waals surface area contributed by atoms with Crippen LogP contribution in [-0.2, 0) is 6.54 Å². The Bertz CT molecular complexity index is 892. The first-order valence-electron chi connectivity index (χ1n) is 8.02. The molecule has 0 atom stereocenters. The Hall–Kier alpha value is -2.11. The quantitative estimate of drug-likeness (QED) is 0.793. The predicted molar refractivity (Wildman–Crippen MR) is 95.4 cm³/mol. The molecule has 6 heteroatoms. The Balaban J connectivity index is 1.70. The van der Waals surface area contributed by atoms with Crippen LogP contribution in [0.3, 0.4) is 0 Å². The third-order valence-electron chi connectivity index (χ3n) is 4.64. The number of benzene rings is 1. The number of phenolic OH excluding ortho intramolecular Hbond substituents is 1. The summed E-state index contributed by atoms with van der Waals surface area (Å²) in [6.07, 6.45) is 2.07. The van der Waals surface area contributed by atoms with Crippen molar-refractivity contribution in [3.05, 3.63) is 41.0 Å². The van der Waals surface area contributed by atoms with Gasteiger partial charge in [-0.05, 0) is 43.8 Å². The predicted octanol–water partition coefficient (Wildman–Crippen LogP) is 3.33. The molecule has 1 fully saturated rings. The second kappa shape index (κ2) is 5.76. The number of phenols is 1. The van der Waals surface area contributed by atoms with Crippen LogP contribution in [0.25, 0.3) is 22.3 Å². The molecular weight excluding hydrogens is 324 g/mol. The van der Waals surface area contributed by atoms with Crippen molar-refractivity contribution in [1.29, 1.82) is 0 Å².